The van der Waals surface area contributed by atoms with Gasteiger partial charge < -0.3 is 16.0 Å². The van der Waals surface area contributed by atoms with Gasteiger partial charge in [0.25, 0.3) is 0 Å². The third kappa shape index (κ3) is 3.54. The molecule has 0 amide bonds. The zero-order valence-corrected chi connectivity index (χ0v) is 16.1. The van der Waals surface area contributed by atoms with Crippen molar-refractivity contribution >= 4 is 23.1 Å². The van der Waals surface area contributed by atoms with E-state index in [9.17, 15) is 0 Å². The van der Waals surface area contributed by atoms with Crippen LogP contribution >= 0.6 is 0 Å². The Morgan fingerprint density at radius 1 is 1.10 bits per heavy atom. The van der Waals surface area contributed by atoms with E-state index < -0.39 is 0 Å². The summed E-state index contributed by atoms with van der Waals surface area (Å²) in [5.74, 6) is 2.87. The number of nitrogens with zero attached hydrogens (tertiary/aromatic N) is 5. The van der Waals surface area contributed by atoms with Gasteiger partial charge >= 0.3 is 0 Å². The van der Waals surface area contributed by atoms with Gasteiger partial charge in [0.05, 0.1) is 5.69 Å². The van der Waals surface area contributed by atoms with Gasteiger partial charge in [-0.2, -0.15) is 10.1 Å². The summed E-state index contributed by atoms with van der Waals surface area (Å²) < 4.78 is 1.87. The third-order valence-corrected chi connectivity index (χ3v) is 5.51. The van der Waals surface area contributed by atoms with E-state index in [0.29, 0.717) is 5.92 Å². The van der Waals surface area contributed by atoms with Crippen molar-refractivity contribution < 1.29 is 0 Å². The highest BCUT2D eigenvalue weighted by Gasteiger charge is 2.21. The molecule has 0 bridgehead atoms. The molecule has 8 heteroatoms. The summed E-state index contributed by atoms with van der Waals surface area (Å²) in [6, 6.07) is 16.1. The lowest BCUT2D eigenvalue weighted by Gasteiger charge is -2.31. The van der Waals surface area contributed by atoms with Crippen LogP contribution in [0.3, 0.4) is 0 Å². The monoisotopic (exact) mass is 388 g/mol. The molecule has 4 N–H and O–H groups in total. The van der Waals surface area contributed by atoms with Crippen molar-refractivity contribution in [1.82, 2.24) is 24.8 Å². The lowest BCUT2D eigenvalue weighted by Crippen LogP contribution is -2.37. The zero-order chi connectivity index (χ0) is 19.6. The fourth-order valence-electron chi connectivity index (χ4n) is 3.79. The molecule has 4 aromatic rings. The van der Waals surface area contributed by atoms with Crippen LogP contribution in [0.5, 0.6) is 0 Å². The Morgan fingerprint density at radius 2 is 1.93 bits per heavy atom. The molecule has 0 unspecified atom stereocenters. The molecule has 1 aliphatic heterocycles. The van der Waals surface area contributed by atoms with Crippen LogP contribution in [0.25, 0.3) is 16.8 Å². The number of hydrogen-bond acceptors (Lipinski definition) is 6. The van der Waals surface area contributed by atoms with E-state index in [4.69, 9.17) is 15.8 Å². The molecule has 1 aromatic carbocycles. The summed E-state index contributed by atoms with van der Waals surface area (Å²) in [6.07, 6.45) is 4.10. The van der Waals surface area contributed by atoms with Crippen molar-refractivity contribution in [3.05, 3.63) is 54.7 Å². The zero-order valence-electron chi connectivity index (χ0n) is 16.1. The topological polar surface area (TPSA) is 100 Å². The predicted octanol–water partition coefficient (Wildman–Crippen LogP) is 3.04. The first kappa shape index (κ1) is 17.7. The van der Waals surface area contributed by atoms with Crippen LogP contribution in [0.2, 0.25) is 0 Å². The smallest absolute Gasteiger partial charge is 0.245 e. The summed E-state index contributed by atoms with van der Waals surface area (Å²) in [6.45, 7) is 2.61. The highest BCUT2D eigenvalue weighted by molar-refractivity contribution is 5.74. The second-order valence-electron chi connectivity index (χ2n) is 7.42. The molecule has 0 aliphatic carbocycles. The number of rotatable bonds is 5. The van der Waals surface area contributed by atoms with E-state index in [1.807, 2.05) is 59.2 Å². The Bertz CT molecular complexity index is 1090. The lowest BCUT2D eigenvalue weighted by molar-refractivity contribution is 0.410. The van der Waals surface area contributed by atoms with E-state index in [-0.39, 0.29) is 0 Å². The molecule has 0 saturated carbocycles. The number of benzene rings is 1. The molecule has 1 aliphatic rings. The van der Waals surface area contributed by atoms with E-state index in [1.165, 1.54) is 0 Å². The van der Waals surface area contributed by atoms with E-state index in [0.717, 1.165) is 66.8 Å². The fourth-order valence-corrected chi connectivity index (χ4v) is 3.79. The molecule has 8 nitrogen and oxygen atoms in total. The SMILES string of the molecule is NCC1CCN(c2nc(Nc3cc(-c4ccccc4)n[nH]3)c3cccn3n2)CC1. The molecule has 1 saturated heterocycles. The first-order chi connectivity index (χ1) is 14.3. The molecule has 0 spiro atoms. The summed E-state index contributed by atoms with van der Waals surface area (Å²) >= 11 is 0. The summed E-state index contributed by atoms with van der Waals surface area (Å²) in [7, 11) is 0. The quantitative estimate of drug-likeness (QED) is 0.486. The van der Waals surface area contributed by atoms with Crippen molar-refractivity contribution in [2.24, 2.45) is 11.7 Å². The van der Waals surface area contributed by atoms with Crippen molar-refractivity contribution in [3.8, 4) is 11.3 Å². The average molecular weight is 388 g/mol. The Hall–Kier alpha value is -3.39. The van der Waals surface area contributed by atoms with Gasteiger partial charge in [-0.15, -0.1) is 5.10 Å². The number of H-pyrrole nitrogens is 1. The fraction of sp³-hybridized carbons (Fsp3) is 0.286. The molecule has 0 atom stereocenters. The van der Waals surface area contributed by atoms with Crippen molar-refractivity contribution in [1.29, 1.82) is 0 Å². The van der Waals surface area contributed by atoms with Crippen LogP contribution in [-0.2, 0) is 0 Å². The maximum absolute atomic E-state index is 5.83. The Kier molecular flexibility index (Phi) is 4.61. The van der Waals surface area contributed by atoms with E-state index in [1.54, 1.807) is 0 Å². The number of fused-ring (bicyclic) bond motifs is 1. The van der Waals surface area contributed by atoms with Crippen molar-refractivity contribution in [3.63, 3.8) is 0 Å². The molecule has 1 fully saturated rings. The van der Waals surface area contributed by atoms with Gasteiger partial charge in [-0.05, 0) is 37.4 Å². The van der Waals surface area contributed by atoms with Gasteiger partial charge in [0.15, 0.2) is 5.82 Å². The number of nitrogens with two attached hydrogens (primary N) is 1. The maximum Gasteiger partial charge on any atom is 0.245 e. The molecule has 4 heterocycles. The second-order valence-corrected chi connectivity index (χ2v) is 7.42. The van der Waals surface area contributed by atoms with E-state index >= 15 is 0 Å². The van der Waals surface area contributed by atoms with Gasteiger partial charge in [-0.25, -0.2) is 4.52 Å². The number of nitrogens with one attached hydrogen (secondary N) is 2. The first-order valence-corrected chi connectivity index (χ1v) is 9.98. The molecule has 0 radical (unpaired) electrons. The second kappa shape index (κ2) is 7.56. The van der Waals surface area contributed by atoms with Crippen LogP contribution < -0.4 is 16.0 Å². The molecule has 3 aromatic heterocycles. The molecular weight excluding hydrogens is 364 g/mol. The number of piperidine rings is 1. The Balaban J connectivity index is 1.43. The minimum atomic E-state index is 0.598. The minimum Gasteiger partial charge on any atom is -0.339 e. The van der Waals surface area contributed by atoms with Gasteiger partial charge in [-0.1, -0.05) is 30.3 Å². The summed E-state index contributed by atoms with van der Waals surface area (Å²) in [4.78, 5) is 7.06. The normalized spacial score (nSPS) is 15.1. The van der Waals surface area contributed by atoms with Crippen LogP contribution in [0, 0.1) is 5.92 Å². The molecular formula is C21H24N8. The van der Waals surface area contributed by atoms with Gasteiger partial charge in [0, 0.05) is 30.9 Å². The first-order valence-electron chi connectivity index (χ1n) is 9.98. The number of anilines is 3. The summed E-state index contributed by atoms with van der Waals surface area (Å²) in [5.41, 5.74) is 8.70. The Labute approximate surface area is 168 Å². The third-order valence-electron chi connectivity index (χ3n) is 5.51. The van der Waals surface area contributed by atoms with Gasteiger partial charge in [-0.3, -0.25) is 5.10 Å². The Morgan fingerprint density at radius 3 is 2.72 bits per heavy atom. The molecule has 5 rings (SSSR count). The highest BCUT2D eigenvalue weighted by Crippen LogP contribution is 2.26. The van der Waals surface area contributed by atoms with Crippen LogP contribution in [0.15, 0.2) is 54.7 Å². The van der Waals surface area contributed by atoms with Gasteiger partial charge in [0.2, 0.25) is 5.95 Å². The van der Waals surface area contributed by atoms with Gasteiger partial charge in [0.1, 0.15) is 11.3 Å². The van der Waals surface area contributed by atoms with Crippen LogP contribution in [0.4, 0.5) is 17.6 Å². The lowest BCUT2D eigenvalue weighted by atomic mass is 9.97. The number of hydrogen-bond donors (Lipinski definition) is 3. The van der Waals surface area contributed by atoms with Crippen LogP contribution in [-0.4, -0.2) is 44.4 Å². The molecule has 29 heavy (non-hydrogen) atoms. The predicted molar refractivity (Wildman–Crippen MR) is 114 cm³/mol. The molecule has 148 valence electrons. The van der Waals surface area contributed by atoms with Crippen molar-refractivity contribution in [2.75, 3.05) is 29.9 Å². The maximum atomic E-state index is 5.83. The summed E-state index contributed by atoms with van der Waals surface area (Å²) in [5, 5.41) is 15.6. The largest absolute Gasteiger partial charge is 0.339 e. The number of aromatic amines is 1. The average Bonchev–Trinajstić information content (AvgIpc) is 3.44. The standard InChI is InChI=1S/C21H24N8/c22-14-15-8-11-28(12-9-15)21-24-20(18-7-4-10-29(18)27-21)23-19-13-17(25-26-19)16-5-2-1-3-6-16/h1-7,10,13,15H,8-9,11-12,14,22H2,(H2,23,24,25,26,27). The number of aromatic nitrogens is 5. The van der Waals surface area contributed by atoms with Crippen molar-refractivity contribution in [2.45, 2.75) is 12.8 Å². The highest BCUT2D eigenvalue weighted by atomic mass is 15.4. The van der Waals surface area contributed by atoms with E-state index in [2.05, 4.69) is 20.4 Å². The minimum absolute atomic E-state index is 0.598. The van der Waals surface area contributed by atoms with Crippen LogP contribution in [0.1, 0.15) is 12.8 Å².